The van der Waals surface area contributed by atoms with E-state index in [1.807, 2.05) is 0 Å². The maximum atomic E-state index is 15.2. The average molecular weight is 615 g/mol. The molecule has 224 valence electrons. The van der Waals surface area contributed by atoms with E-state index in [0.717, 1.165) is 17.0 Å². The van der Waals surface area contributed by atoms with Crippen molar-refractivity contribution < 1.29 is 55.2 Å². The van der Waals surface area contributed by atoms with Gasteiger partial charge in [-0.2, -0.15) is 0 Å². The van der Waals surface area contributed by atoms with Gasteiger partial charge in [-0.3, -0.25) is 9.69 Å². The van der Waals surface area contributed by atoms with Gasteiger partial charge >= 0.3 is 13.9 Å². The van der Waals surface area contributed by atoms with Gasteiger partial charge in [-0.1, -0.05) is 6.07 Å². The fourth-order valence-corrected chi connectivity index (χ4v) is 4.44. The number of urea groups is 1. The Morgan fingerprint density at radius 1 is 1.00 bits per heavy atom. The highest BCUT2D eigenvalue weighted by Gasteiger charge is 2.35. The summed E-state index contributed by atoms with van der Waals surface area (Å²) in [6.07, 6.45) is 0. The molecule has 1 heterocycles. The molecule has 3 aromatic carbocycles. The van der Waals surface area contributed by atoms with Crippen LogP contribution in [0.4, 0.5) is 32.4 Å². The number of benzene rings is 3. The van der Waals surface area contributed by atoms with Crippen molar-refractivity contribution in [2.75, 3.05) is 18.7 Å². The van der Waals surface area contributed by atoms with Crippen LogP contribution >= 0.6 is 7.82 Å². The molecule has 10 nitrogen and oxygen atoms in total. The number of nitrogens with one attached hydrogen (secondary N) is 1. The molecule has 1 aliphatic heterocycles. The third kappa shape index (κ3) is 6.54. The Kier molecular flexibility index (Phi) is 8.87. The van der Waals surface area contributed by atoms with E-state index >= 15 is 4.39 Å². The second kappa shape index (κ2) is 12.1. The van der Waals surface area contributed by atoms with Gasteiger partial charge in [-0.15, -0.1) is 0 Å². The topological polar surface area (TPSA) is 129 Å². The smallest absolute Gasteiger partial charge is 0.464 e. The number of rotatable bonds is 9. The minimum Gasteiger partial charge on any atom is -0.464 e. The summed E-state index contributed by atoms with van der Waals surface area (Å²) in [5.74, 6) is -7.28. The molecule has 3 aromatic rings. The Hall–Kier alpha value is -4.04. The Morgan fingerprint density at radius 3 is 2.31 bits per heavy atom. The summed E-state index contributed by atoms with van der Waals surface area (Å²) in [6, 6.07) is 5.60. The molecule has 0 aliphatic carbocycles. The van der Waals surface area contributed by atoms with Gasteiger partial charge in [-0.05, 0) is 36.8 Å². The Morgan fingerprint density at radius 2 is 1.67 bits per heavy atom. The highest BCUT2D eigenvalue weighted by atomic mass is 31.2. The lowest BCUT2D eigenvalue weighted by atomic mass is 9.98. The number of carbonyl (C=O) groups excluding carboxylic acids is 2. The minimum atomic E-state index is -4.93. The van der Waals surface area contributed by atoms with Crippen molar-refractivity contribution in [3.8, 4) is 5.75 Å². The number of carbonyl (C=O) groups is 2. The first-order valence-corrected chi connectivity index (χ1v) is 13.6. The van der Waals surface area contributed by atoms with Gasteiger partial charge in [0.05, 0.1) is 18.3 Å². The molecular formula is C26H23F5N3O7P. The predicted molar refractivity (Wildman–Crippen MR) is 137 cm³/mol. The van der Waals surface area contributed by atoms with Crippen LogP contribution in [0.1, 0.15) is 40.0 Å². The lowest BCUT2D eigenvalue weighted by molar-refractivity contribution is 0.0795. The fourth-order valence-electron chi connectivity index (χ4n) is 4.25. The Balaban J connectivity index is 1.63. The predicted octanol–water partition coefficient (Wildman–Crippen LogP) is 4.89. The van der Waals surface area contributed by atoms with Crippen molar-refractivity contribution in [2.45, 2.75) is 26.1 Å². The van der Waals surface area contributed by atoms with E-state index in [1.54, 1.807) is 6.92 Å². The van der Waals surface area contributed by atoms with Crippen molar-refractivity contribution in [1.82, 2.24) is 10.2 Å². The van der Waals surface area contributed by atoms with E-state index in [9.17, 15) is 31.7 Å². The number of halogens is 5. The third-order valence-electron chi connectivity index (χ3n) is 6.58. The van der Waals surface area contributed by atoms with Crippen LogP contribution in [0.25, 0.3) is 0 Å². The summed E-state index contributed by atoms with van der Waals surface area (Å²) in [6.45, 7) is -0.675. The van der Waals surface area contributed by atoms with Crippen molar-refractivity contribution in [1.29, 1.82) is 0 Å². The Bertz CT molecular complexity index is 1580. The van der Waals surface area contributed by atoms with Crippen LogP contribution in [-0.2, 0) is 22.2 Å². The zero-order chi connectivity index (χ0) is 30.9. The van der Waals surface area contributed by atoms with Crippen molar-refractivity contribution in [2.24, 2.45) is 0 Å². The summed E-state index contributed by atoms with van der Waals surface area (Å²) in [5, 5.41) is 2.32. The zero-order valence-electron chi connectivity index (χ0n) is 21.9. The van der Waals surface area contributed by atoms with Gasteiger partial charge in [0.2, 0.25) is 6.79 Å². The number of anilines is 1. The van der Waals surface area contributed by atoms with Crippen molar-refractivity contribution in [3.05, 3.63) is 93.8 Å². The van der Waals surface area contributed by atoms with Crippen LogP contribution < -0.4 is 15.0 Å². The summed E-state index contributed by atoms with van der Waals surface area (Å²) >= 11 is 0. The first kappa shape index (κ1) is 30.9. The van der Waals surface area contributed by atoms with E-state index < -0.39 is 91.6 Å². The van der Waals surface area contributed by atoms with E-state index in [1.165, 1.54) is 30.1 Å². The summed E-state index contributed by atoms with van der Waals surface area (Å²) in [4.78, 5) is 45.9. The maximum Gasteiger partial charge on any atom is 0.472 e. The SMILES string of the molecule is C[C@H]1c2ccc(C(=O)NCc3c(F)cc(F)cc3F)cc2N(Cc2c(F)ccc(OCOP(=O)(O)O)c2F)C(=O)N1C. The number of phosphoric acid groups is 1. The number of phosphoric ester groups is 1. The number of hydrogen-bond acceptors (Lipinski definition) is 5. The standard InChI is InChI=1S/C26H23F5N3O7P/c1-13-16-4-3-14(25(35)32-10-17-20(29)8-15(27)9-21(17)30)7-22(16)34(26(36)33(13)2)11-18-19(28)5-6-23(24(18)31)40-12-41-42(37,38)39/h3-9,13H,10-12H2,1-2H3,(H,32,35)(H2,37,38,39)/t13-/m0/s1. The van der Waals surface area contributed by atoms with Crippen molar-refractivity contribution >= 4 is 25.4 Å². The molecule has 0 bridgehead atoms. The molecular weight excluding hydrogens is 592 g/mol. The maximum absolute atomic E-state index is 15.2. The molecule has 0 unspecified atom stereocenters. The molecule has 4 rings (SSSR count). The first-order valence-electron chi connectivity index (χ1n) is 12.1. The van der Waals surface area contributed by atoms with Gasteiger partial charge in [-0.25, -0.2) is 35.8 Å². The summed E-state index contributed by atoms with van der Waals surface area (Å²) in [7, 11) is -3.47. The number of hydrogen-bond donors (Lipinski definition) is 3. The van der Waals surface area contributed by atoms with Crippen LogP contribution in [0.2, 0.25) is 0 Å². The highest BCUT2D eigenvalue weighted by Crippen LogP contribution is 2.39. The lowest BCUT2D eigenvalue weighted by Gasteiger charge is -2.39. The molecule has 3 amide bonds. The number of amides is 3. The fraction of sp³-hybridized carbons (Fsp3) is 0.231. The van der Waals surface area contributed by atoms with Crippen LogP contribution in [0, 0.1) is 29.1 Å². The quantitative estimate of drug-likeness (QED) is 0.178. The second-order valence-corrected chi connectivity index (χ2v) is 10.4. The molecule has 1 atom stereocenters. The molecule has 3 N–H and O–H groups in total. The number of ether oxygens (including phenoxy) is 1. The number of fused-ring (bicyclic) bond motifs is 1. The van der Waals surface area contributed by atoms with Crippen LogP contribution in [0.15, 0.2) is 42.5 Å². The monoisotopic (exact) mass is 615 g/mol. The van der Waals surface area contributed by atoms with E-state index in [0.29, 0.717) is 17.7 Å². The third-order valence-corrected chi connectivity index (χ3v) is 7.02. The van der Waals surface area contributed by atoms with Gasteiger partial charge in [0.15, 0.2) is 11.6 Å². The van der Waals surface area contributed by atoms with Crippen molar-refractivity contribution in [3.63, 3.8) is 0 Å². The van der Waals surface area contributed by atoms with Crippen LogP contribution in [0.5, 0.6) is 5.75 Å². The van der Waals surface area contributed by atoms with Gasteiger partial charge in [0, 0.05) is 42.4 Å². The number of nitrogens with zero attached hydrogens (tertiary/aromatic N) is 2. The van der Waals surface area contributed by atoms with Crippen LogP contribution in [-0.4, -0.2) is 40.5 Å². The largest absolute Gasteiger partial charge is 0.472 e. The van der Waals surface area contributed by atoms with Gasteiger partial charge < -0.3 is 24.7 Å². The molecule has 0 saturated heterocycles. The molecule has 0 aromatic heterocycles. The van der Waals surface area contributed by atoms with E-state index in [4.69, 9.17) is 14.5 Å². The Labute approximate surface area is 235 Å². The molecule has 42 heavy (non-hydrogen) atoms. The van der Waals surface area contributed by atoms with E-state index in [-0.39, 0.29) is 11.3 Å². The van der Waals surface area contributed by atoms with Gasteiger partial charge in [0.25, 0.3) is 5.91 Å². The average Bonchev–Trinajstić information content (AvgIpc) is 2.91. The normalized spacial score (nSPS) is 15.1. The van der Waals surface area contributed by atoms with E-state index in [2.05, 4.69) is 9.84 Å². The minimum absolute atomic E-state index is 0.0566. The van der Waals surface area contributed by atoms with Gasteiger partial charge in [0.1, 0.15) is 23.3 Å². The summed E-state index contributed by atoms with van der Waals surface area (Å²) in [5.41, 5.74) is -0.643. The molecule has 1 aliphatic rings. The zero-order valence-corrected chi connectivity index (χ0v) is 22.8. The highest BCUT2D eigenvalue weighted by molar-refractivity contribution is 7.46. The molecule has 0 spiro atoms. The lowest BCUT2D eigenvalue weighted by Crippen LogP contribution is -2.47. The molecule has 0 saturated carbocycles. The van der Waals surface area contributed by atoms with Crippen LogP contribution in [0.3, 0.4) is 0 Å². The molecule has 0 radical (unpaired) electrons. The summed E-state index contributed by atoms with van der Waals surface area (Å²) < 4.78 is 91.0. The molecule has 16 heteroatoms. The molecule has 0 fully saturated rings. The second-order valence-electron chi connectivity index (χ2n) is 9.18. The first-order chi connectivity index (χ1) is 19.7.